The molecule has 1 heterocycles. The van der Waals surface area contributed by atoms with Gasteiger partial charge in [0.25, 0.3) is 0 Å². The summed E-state index contributed by atoms with van der Waals surface area (Å²) in [5.41, 5.74) is 8.87. The molecule has 0 radical (unpaired) electrons. The lowest BCUT2D eigenvalue weighted by atomic mass is 10.0. The second-order valence-corrected chi connectivity index (χ2v) is 4.13. The van der Waals surface area contributed by atoms with E-state index >= 15 is 0 Å². The highest BCUT2D eigenvalue weighted by Gasteiger charge is 2.07. The first-order valence-electron chi connectivity index (χ1n) is 6.66. The molecule has 0 bridgehead atoms. The van der Waals surface area contributed by atoms with Gasteiger partial charge in [-0.15, -0.1) is 0 Å². The number of nitrogens with zero attached hydrogens (tertiary/aromatic N) is 2. The van der Waals surface area contributed by atoms with Crippen LogP contribution in [0.4, 0.5) is 0 Å². The smallest absolute Gasteiger partial charge is 0.102 e. The first-order valence-corrected chi connectivity index (χ1v) is 6.66. The summed E-state index contributed by atoms with van der Waals surface area (Å²) in [7, 11) is 0. The van der Waals surface area contributed by atoms with Crippen molar-refractivity contribution in [2.45, 2.75) is 26.3 Å². The van der Waals surface area contributed by atoms with Crippen molar-refractivity contribution < 1.29 is 5.11 Å². The third-order valence-corrected chi connectivity index (χ3v) is 2.73. The summed E-state index contributed by atoms with van der Waals surface area (Å²) in [6.45, 7) is 7.44. The van der Waals surface area contributed by atoms with Crippen molar-refractivity contribution in [1.29, 1.82) is 0 Å². The minimum Gasteiger partial charge on any atom is -0.511 e. The van der Waals surface area contributed by atoms with Crippen LogP contribution in [0.5, 0.6) is 0 Å². The summed E-state index contributed by atoms with van der Waals surface area (Å²) in [6.07, 6.45) is 3.93. The molecule has 106 valence electrons. The molecule has 4 heteroatoms. The highest BCUT2D eigenvalue weighted by Crippen LogP contribution is 2.19. The summed E-state index contributed by atoms with van der Waals surface area (Å²) >= 11 is 0. The topological polar surface area (TPSA) is 72.0 Å². The monoisotopic (exact) mass is 271 g/mol. The number of hydrogen-bond donors (Lipinski definition) is 2. The zero-order valence-electron chi connectivity index (χ0n) is 12.0. The molecule has 3 N–H and O–H groups in total. The van der Waals surface area contributed by atoms with Gasteiger partial charge in [-0.05, 0) is 23.6 Å². The number of hydrogen-bond acceptors (Lipinski definition) is 4. The lowest BCUT2D eigenvalue weighted by Crippen LogP contribution is -2.24. The summed E-state index contributed by atoms with van der Waals surface area (Å²) in [5, 5.41) is 16.8. The molecule has 1 unspecified atom stereocenters. The van der Waals surface area contributed by atoms with Gasteiger partial charge in [0.15, 0.2) is 0 Å². The Balaban J connectivity index is 0.000000956. The van der Waals surface area contributed by atoms with Gasteiger partial charge in [-0.25, -0.2) is 0 Å². The second-order valence-electron chi connectivity index (χ2n) is 4.13. The maximum Gasteiger partial charge on any atom is 0.102 e. The first kappa shape index (κ1) is 15.9. The summed E-state index contributed by atoms with van der Waals surface area (Å²) in [5.74, 6) is 0.00554. The zero-order chi connectivity index (χ0) is 15.0. The van der Waals surface area contributed by atoms with Gasteiger partial charge in [0.05, 0.1) is 18.4 Å². The number of aromatic nitrogens is 2. The lowest BCUT2D eigenvalue weighted by molar-refractivity contribution is 0.368. The van der Waals surface area contributed by atoms with Gasteiger partial charge in [0, 0.05) is 5.56 Å². The maximum absolute atomic E-state index is 9.23. The van der Waals surface area contributed by atoms with Crippen molar-refractivity contribution in [2.24, 2.45) is 5.73 Å². The Labute approximate surface area is 120 Å². The second kappa shape index (κ2) is 8.07. The molecule has 0 aliphatic carbocycles. The van der Waals surface area contributed by atoms with Crippen LogP contribution >= 0.6 is 0 Å². The van der Waals surface area contributed by atoms with E-state index in [9.17, 15) is 5.11 Å². The molecule has 1 aromatic heterocycles. The Bertz CT molecular complexity index is 540. The quantitative estimate of drug-likeness (QED) is 0.838. The fourth-order valence-electron chi connectivity index (χ4n) is 1.71. The summed E-state index contributed by atoms with van der Waals surface area (Å²) in [6, 6.07) is 9.42. The number of nitrogens with two attached hydrogens (primary N) is 1. The van der Waals surface area contributed by atoms with Gasteiger partial charge in [-0.2, -0.15) is 10.2 Å². The van der Waals surface area contributed by atoms with E-state index in [2.05, 4.69) is 16.8 Å². The molecule has 0 saturated carbocycles. The third-order valence-electron chi connectivity index (χ3n) is 2.73. The van der Waals surface area contributed by atoms with Crippen molar-refractivity contribution in [1.82, 2.24) is 10.2 Å². The van der Waals surface area contributed by atoms with Crippen molar-refractivity contribution in [2.75, 3.05) is 0 Å². The Kier molecular flexibility index (Phi) is 6.40. The zero-order valence-corrected chi connectivity index (χ0v) is 12.0. The first-order chi connectivity index (χ1) is 9.66. The number of benzene rings is 1. The molecule has 0 saturated heterocycles. The standard InChI is InChI=1S/C14H15N3O.C2H6/c1-10(18)14(15)8-11-3-2-4-12(7-11)13-5-6-16-17-9-13;1-2/h2-7,9,14,18H,1,8,15H2;1-2H3. The van der Waals surface area contributed by atoms with Gasteiger partial charge in [-0.3, -0.25) is 0 Å². The normalized spacial score (nSPS) is 11.2. The van der Waals surface area contributed by atoms with Crippen molar-refractivity contribution >= 4 is 0 Å². The van der Waals surface area contributed by atoms with Gasteiger partial charge in [0.2, 0.25) is 0 Å². The van der Waals surface area contributed by atoms with Crippen LogP contribution in [0.1, 0.15) is 19.4 Å². The van der Waals surface area contributed by atoms with Gasteiger partial charge < -0.3 is 10.8 Å². The van der Waals surface area contributed by atoms with E-state index < -0.39 is 6.04 Å². The predicted octanol–water partition coefficient (Wildman–Crippen LogP) is 3.11. The van der Waals surface area contributed by atoms with Gasteiger partial charge in [-0.1, -0.05) is 44.7 Å². The number of rotatable bonds is 4. The minimum absolute atomic E-state index is 0.00554. The van der Waals surface area contributed by atoms with Crippen molar-refractivity contribution in [3.05, 3.63) is 60.6 Å². The molecule has 2 aromatic rings. The molecule has 4 nitrogen and oxygen atoms in total. The SMILES string of the molecule is C=C(O)C(N)Cc1cccc(-c2ccnnc2)c1.CC. The average molecular weight is 271 g/mol. The van der Waals surface area contributed by atoms with Crippen molar-refractivity contribution in [3.63, 3.8) is 0 Å². The maximum atomic E-state index is 9.23. The largest absolute Gasteiger partial charge is 0.511 e. The van der Waals surface area contributed by atoms with Crippen LogP contribution in [-0.2, 0) is 6.42 Å². The summed E-state index contributed by atoms with van der Waals surface area (Å²) < 4.78 is 0. The van der Waals surface area contributed by atoms with Gasteiger partial charge in [0.1, 0.15) is 5.76 Å². The fraction of sp³-hybridized carbons (Fsp3) is 0.250. The van der Waals surface area contributed by atoms with E-state index in [0.29, 0.717) is 6.42 Å². The van der Waals surface area contributed by atoms with E-state index in [4.69, 9.17) is 5.73 Å². The van der Waals surface area contributed by atoms with E-state index in [1.165, 1.54) is 0 Å². The molecule has 1 atom stereocenters. The molecular formula is C16H21N3O. The average Bonchev–Trinajstić information content (AvgIpc) is 2.50. The third kappa shape index (κ3) is 4.48. The molecule has 20 heavy (non-hydrogen) atoms. The van der Waals surface area contributed by atoms with Crippen LogP contribution in [0.25, 0.3) is 11.1 Å². The summed E-state index contributed by atoms with van der Waals surface area (Å²) in [4.78, 5) is 0. The highest BCUT2D eigenvalue weighted by atomic mass is 16.3. The van der Waals surface area contributed by atoms with Crippen molar-refractivity contribution in [3.8, 4) is 11.1 Å². The molecule has 1 aromatic carbocycles. The lowest BCUT2D eigenvalue weighted by Gasteiger charge is -2.10. The molecule has 2 rings (SSSR count). The van der Waals surface area contributed by atoms with Crippen LogP contribution in [0.15, 0.2) is 55.1 Å². The van der Waals surface area contributed by atoms with E-state index in [1.807, 2.05) is 44.2 Å². The fourth-order valence-corrected chi connectivity index (χ4v) is 1.71. The predicted molar refractivity (Wildman–Crippen MR) is 82.3 cm³/mol. The van der Waals surface area contributed by atoms with E-state index in [0.717, 1.165) is 16.7 Å². The molecule has 0 amide bonds. The molecule has 0 aliphatic rings. The Morgan fingerprint density at radius 3 is 2.60 bits per heavy atom. The Morgan fingerprint density at radius 1 is 1.25 bits per heavy atom. The van der Waals surface area contributed by atoms with Crippen LogP contribution in [0, 0.1) is 0 Å². The van der Waals surface area contributed by atoms with Crippen LogP contribution in [0.3, 0.4) is 0 Å². The van der Waals surface area contributed by atoms with Gasteiger partial charge >= 0.3 is 0 Å². The number of aliphatic hydroxyl groups is 1. The van der Waals surface area contributed by atoms with Crippen LogP contribution < -0.4 is 5.73 Å². The highest BCUT2D eigenvalue weighted by molar-refractivity contribution is 5.62. The Morgan fingerprint density at radius 2 is 2.00 bits per heavy atom. The van der Waals surface area contributed by atoms with E-state index in [-0.39, 0.29) is 5.76 Å². The van der Waals surface area contributed by atoms with Crippen LogP contribution in [0.2, 0.25) is 0 Å². The van der Waals surface area contributed by atoms with Crippen LogP contribution in [-0.4, -0.2) is 21.3 Å². The molecule has 0 spiro atoms. The minimum atomic E-state index is -0.434. The molecule has 0 fully saturated rings. The molecule has 0 aliphatic heterocycles. The Hall–Kier alpha value is -2.20. The number of aliphatic hydroxyl groups excluding tert-OH is 1. The molecular weight excluding hydrogens is 250 g/mol. The van der Waals surface area contributed by atoms with E-state index in [1.54, 1.807) is 12.4 Å².